The van der Waals surface area contributed by atoms with Gasteiger partial charge in [0.15, 0.2) is 5.16 Å². The third-order valence-electron chi connectivity index (χ3n) is 3.73. The second-order valence-electron chi connectivity index (χ2n) is 5.63. The van der Waals surface area contributed by atoms with Crippen molar-refractivity contribution in [1.29, 1.82) is 0 Å². The topological polar surface area (TPSA) is 49.0 Å². The third-order valence-corrected chi connectivity index (χ3v) is 4.60. The Labute approximate surface area is 150 Å². The first-order valence-electron chi connectivity index (χ1n) is 7.83. The molecule has 0 spiro atoms. The van der Waals surface area contributed by atoms with Gasteiger partial charge in [-0.25, -0.2) is 9.37 Å². The van der Waals surface area contributed by atoms with Gasteiger partial charge in [0.1, 0.15) is 5.82 Å². The van der Waals surface area contributed by atoms with Crippen LogP contribution in [0.5, 0.6) is 0 Å². The van der Waals surface area contributed by atoms with Crippen molar-refractivity contribution in [3.63, 3.8) is 0 Å². The molecule has 0 saturated carbocycles. The molecule has 1 amide bonds. The van der Waals surface area contributed by atoms with Crippen LogP contribution in [0.1, 0.15) is 5.56 Å². The maximum Gasteiger partial charge on any atom is 0.233 e. The van der Waals surface area contributed by atoms with Crippen LogP contribution in [0.25, 0.3) is 11.3 Å². The molecule has 4 nitrogen and oxygen atoms in total. The summed E-state index contributed by atoms with van der Waals surface area (Å²) in [5, 5.41) is 0.711. The van der Waals surface area contributed by atoms with Crippen LogP contribution in [0, 0.1) is 5.82 Å². The molecule has 0 unspecified atom stereocenters. The molecule has 0 aliphatic heterocycles. The normalized spacial score (nSPS) is 10.6. The number of carbonyl (C=O) groups excluding carboxylic acids is 1. The van der Waals surface area contributed by atoms with Crippen molar-refractivity contribution >= 4 is 17.7 Å². The van der Waals surface area contributed by atoms with Crippen LogP contribution in [0.4, 0.5) is 4.39 Å². The number of rotatable bonds is 6. The number of aromatic nitrogens is 2. The summed E-state index contributed by atoms with van der Waals surface area (Å²) in [6, 6.07) is 16.1. The van der Waals surface area contributed by atoms with Crippen molar-refractivity contribution in [2.75, 3.05) is 12.8 Å². The quantitative estimate of drug-likeness (QED) is 0.681. The summed E-state index contributed by atoms with van der Waals surface area (Å²) in [6.45, 7) is 0.451. The number of nitrogens with zero attached hydrogens (tertiary/aromatic N) is 2. The van der Waals surface area contributed by atoms with Gasteiger partial charge in [0.25, 0.3) is 0 Å². The minimum absolute atomic E-state index is 0.00742. The molecule has 0 saturated heterocycles. The number of amides is 1. The van der Waals surface area contributed by atoms with E-state index in [9.17, 15) is 9.18 Å². The number of imidazole rings is 1. The van der Waals surface area contributed by atoms with Crippen molar-refractivity contribution in [1.82, 2.24) is 14.9 Å². The summed E-state index contributed by atoms with van der Waals surface area (Å²) in [7, 11) is 1.74. The highest BCUT2D eigenvalue weighted by Gasteiger charge is 2.12. The van der Waals surface area contributed by atoms with Crippen LogP contribution >= 0.6 is 11.8 Å². The molecule has 2 aromatic carbocycles. The second kappa shape index (κ2) is 7.98. The number of carbonyl (C=O) groups is 1. The van der Waals surface area contributed by atoms with Crippen molar-refractivity contribution in [2.24, 2.45) is 0 Å². The number of H-pyrrole nitrogens is 1. The van der Waals surface area contributed by atoms with E-state index < -0.39 is 0 Å². The van der Waals surface area contributed by atoms with Crippen molar-refractivity contribution in [3.8, 4) is 11.3 Å². The average molecular weight is 355 g/mol. The van der Waals surface area contributed by atoms with Crippen LogP contribution in [-0.2, 0) is 11.3 Å². The van der Waals surface area contributed by atoms with E-state index in [2.05, 4.69) is 9.97 Å². The fourth-order valence-electron chi connectivity index (χ4n) is 2.33. The zero-order valence-corrected chi connectivity index (χ0v) is 14.6. The van der Waals surface area contributed by atoms with E-state index in [1.165, 1.54) is 23.9 Å². The summed E-state index contributed by atoms with van der Waals surface area (Å²) in [5.74, 6) is 0.00621. The maximum absolute atomic E-state index is 12.9. The van der Waals surface area contributed by atoms with E-state index in [-0.39, 0.29) is 11.7 Å². The van der Waals surface area contributed by atoms with Crippen LogP contribution in [0.15, 0.2) is 66.0 Å². The SMILES string of the molecule is CN(Cc1ccc(F)cc1)C(=O)CSc1ncc(-c2ccccc2)[nH]1. The van der Waals surface area contributed by atoms with Crippen LogP contribution in [-0.4, -0.2) is 33.6 Å². The highest BCUT2D eigenvalue weighted by Crippen LogP contribution is 2.21. The van der Waals surface area contributed by atoms with Crippen LogP contribution < -0.4 is 0 Å². The minimum atomic E-state index is -0.277. The summed E-state index contributed by atoms with van der Waals surface area (Å²) >= 11 is 1.37. The van der Waals surface area contributed by atoms with E-state index in [1.54, 1.807) is 30.3 Å². The van der Waals surface area contributed by atoms with Gasteiger partial charge in [-0.2, -0.15) is 0 Å². The molecular weight excluding hydrogens is 337 g/mol. The monoisotopic (exact) mass is 355 g/mol. The standard InChI is InChI=1S/C19H18FN3OS/c1-23(12-14-7-9-16(20)10-8-14)18(24)13-25-19-21-11-17(22-19)15-5-3-2-4-6-15/h2-11H,12-13H2,1H3,(H,21,22). The number of thioether (sulfide) groups is 1. The molecule has 0 radical (unpaired) electrons. The fourth-order valence-corrected chi connectivity index (χ4v) is 3.12. The van der Waals surface area contributed by atoms with E-state index >= 15 is 0 Å². The molecule has 0 atom stereocenters. The molecule has 3 aromatic rings. The van der Waals surface area contributed by atoms with E-state index in [1.807, 2.05) is 30.3 Å². The zero-order valence-electron chi connectivity index (χ0n) is 13.8. The first-order valence-corrected chi connectivity index (χ1v) is 8.82. The van der Waals surface area contributed by atoms with Crippen molar-refractivity contribution in [2.45, 2.75) is 11.7 Å². The van der Waals surface area contributed by atoms with Gasteiger partial charge in [-0.3, -0.25) is 4.79 Å². The van der Waals surface area contributed by atoms with E-state index in [4.69, 9.17) is 0 Å². The highest BCUT2D eigenvalue weighted by molar-refractivity contribution is 7.99. The Balaban J connectivity index is 1.53. The van der Waals surface area contributed by atoms with Crippen molar-refractivity contribution in [3.05, 3.63) is 72.2 Å². The summed E-state index contributed by atoms with van der Waals surface area (Å²) < 4.78 is 12.9. The van der Waals surface area contributed by atoms with Gasteiger partial charge in [-0.1, -0.05) is 54.2 Å². The number of aromatic amines is 1. The lowest BCUT2D eigenvalue weighted by Crippen LogP contribution is -2.27. The largest absolute Gasteiger partial charge is 0.341 e. The molecule has 1 N–H and O–H groups in total. The van der Waals surface area contributed by atoms with Gasteiger partial charge in [0.05, 0.1) is 17.6 Å². The molecule has 1 aromatic heterocycles. The van der Waals surface area contributed by atoms with E-state index in [0.717, 1.165) is 16.8 Å². The first-order chi connectivity index (χ1) is 12.1. The molecule has 6 heteroatoms. The second-order valence-corrected chi connectivity index (χ2v) is 6.60. The van der Waals surface area contributed by atoms with Gasteiger partial charge < -0.3 is 9.88 Å². The van der Waals surface area contributed by atoms with Crippen LogP contribution in [0.3, 0.4) is 0 Å². The van der Waals surface area contributed by atoms with Crippen molar-refractivity contribution < 1.29 is 9.18 Å². The number of hydrogen-bond donors (Lipinski definition) is 1. The lowest BCUT2D eigenvalue weighted by Gasteiger charge is -2.16. The summed E-state index contributed by atoms with van der Waals surface area (Å²) in [6.07, 6.45) is 1.77. The fraction of sp³-hybridized carbons (Fsp3) is 0.158. The van der Waals surface area contributed by atoms with Gasteiger partial charge in [-0.15, -0.1) is 0 Å². The molecule has 1 heterocycles. The molecule has 0 bridgehead atoms. The smallest absolute Gasteiger partial charge is 0.233 e. The van der Waals surface area contributed by atoms with Crippen LogP contribution in [0.2, 0.25) is 0 Å². The molecule has 25 heavy (non-hydrogen) atoms. The molecule has 0 fully saturated rings. The van der Waals surface area contributed by atoms with Gasteiger partial charge in [0, 0.05) is 13.6 Å². The summed E-state index contributed by atoms with van der Waals surface area (Å²) in [4.78, 5) is 21.4. The molecule has 0 aliphatic rings. The van der Waals surface area contributed by atoms with Gasteiger partial charge in [-0.05, 0) is 23.3 Å². The Morgan fingerprint density at radius 2 is 1.88 bits per heavy atom. The molecule has 3 rings (SSSR count). The third kappa shape index (κ3) is 4.70. The predicted octanol–water partition coefficient (Wildman–Crippen LogP) is 3.97. The number of nitrogens with one attached hydrogen (secondary N) is 1. The Kier molecular flexibility index (Phi) is 5.50. The Morgan fingerprint density at radius 3 is 2.60 bits per heavy atom. The first kappa shape index (κ1) is 17.2. The lowest BCUT2D eigenvalue weighted by atomic mass is 10.2. The van der Waals surface area contributed by atoms with Gasteiger partial charge in [0.2, 0.25) is 5.91 Å². The molecular formula is C19H18FN3OS. The van der Waals surface area contributed by atoms with E-state index in [0.29, 0.717) is 17.5 Å². The molecule has 0 aliphatic carbocycles. The number of hydrogen-bond acceptors (Lipinski definition) is 3. The lowest BCUT2D eigenvalue weighted by molar-refractivity contribution is -0.127. The predicted molar refractivity (Wildman–Crippen MR) is 97.6 cm³/mol. The number of halogens is 1. The summed E-state index contributed by atoms with van der Waals surface area (Å²) in [5.41, 5.74) is 2.88. The highest BCUT2D eigenvalue weighted by atomic mass is 32.2. The Hall–Kier alpha value is -2.60. The van der Waals surface area contributed by atoms with Gasteiger partial charge >= 0.3 is 0 Å². The Bertz CT molecular complexity index is 833. The molecule has 128 valence electrons. The minimum Gasteiger partial charge on any atom is -0.341 e. The maximum atomic E-state index is 12.9. The number of benzene rings is 2. The Morgan fingerprint density at radius 1 is 1.16 bits per heavy atom. The zero-order chi connectivity index (χ0) is 17.6. The average Bonchev–Trinajstić information content (AvgIpc) is 3.11.